The van der Waals surface area contributed by atoms with Gasteiger partial charge in [-0.3, -0.25) is 0 Å². The van der Waals surface area contributed by atoms with Gasteiger partial charge in [0.15, 0.2) is 0 Å². The number of hydrogen-bond donors (Lipinski definition) is 0. The van der Waals surface area contributed by atoms with Crippen LogP contribution < -0.4 is 0 Å². The van der Waals surface area contributed by atoms with Crippen LogP contribution in [0.25, 0.3) is 0 Å². The minimum Gasteiger partial charge on any atom is -0.488 e. The molecule has 2 rings (SSSR count). The van der Waals surface area contributed by atoms with Crippen LogP contribution in [0, 0.1) is 17.8 Å². The van der Waals surface area contributed by atoms with Crippen LogP contribution in [-0.2, 0) is 4.74 Å². The third kappa shape index (κ3) is 2.43. The maximum absolute atomic E-state index is 6.20. The summed E-state index contributed by atoms with van der Waals surface area (Å²) in [6.07, 6.45) is 9.51. The number of ether oxygens (including phenoxy) is 1. The highest BCUT2D eigenvalue weighted by Crippen LogP contribution is 2.50. The van der Waals surface area contributed by atoms with Crippen LogP contribution in [0.4, 0.5) is 0 Å². The van der Waals surface area contributed by atoms with Crippen molar-refractivity contribution in [3.05, 3.63) is 25.0 Å². The third-order valence-electron chi connectivity index (χ3n) is 4.92. The Balaban J connectivity index is 2.15. The van der Waals surface area contributed by atoms with Gasteiger partial charge in [0, 0.05) is 0 Å². The van der Waals surface area contributed by atoms with E-state index in [0.717, 1.165) is 29.9 Å². The molecule has 0 N–H and O–H groups in total. The number of allylic oxidation sites excluding steroid dienone is 1. The molecule has 0 aromatic rings. The SMILES string of the molecule is C=CC(=C)OC1(CC)CCC2CC(C)CC1C2. The summed E-state index contributed by atoms with van der Waals surface area (Å²) in [5, 5.41) is 0. The van der Waals surface area contributed by atoms with Crippen molar-refractivity contribution in [3.63, 3.8) is 0 Å². The Morgan fingerprint density at radius 2 is 2.18 bits per heavy atom. The van der Waals surface area contributed by atoms with Gasteiger partial charge in [0.2, 0.25) is 0 Å². The lowest BCUT2D eigenvalue weighted by molar-refractivity contribution is -0.105. The summed E-state index contributed by atoms with van der Waals surface area (Å²) < 4.78 is 6.20. The van der Waals surface area contributed by atoms with E-state index in [9.17, 15) is 0 Å². The van der Waals surface area contributed by atoms with Crippen molar-refractivity contribution in [2.45, 2.75) is 58.0 Å². The van der Waals surface area contributed by atoms with Gasteiger partial charge >= 0.3 is 0 Å². The Morgan fingerprint density at radius 3 is 2.82 bits per heavy atom. The molecule has 1 heteroatoms. The second kappa shape index (κ2) is 4.88. The summed E-state index contributed by atoms with van der Waals surface area (Å²) in [5.74, 6) is 3.30. The molecule has 4 atom stereocenters. The summed E-state index contributed by atoms with van der Waals surface area (Å²) in [6, 6.07) is 0. The van der Waals surface area contributed by atoms with E-state index < -0.39 is 0 Å². The van der Waals surface area contributed by atoms with E-state index >= 15 is 0 Å². The fraction of sp³-hybridized carbons (Fsp3) is 0.750. The van der Waals surface area contributed by atoms with Crippen molar-refractivity contribution in [1.29, 1.82) is 0 Å². The average Bonchev–Trinajstić information content (AvgIpc) is 2.32. The van der Waals surface area contributed by atoms with Crippen LogP contribution in [0.3, 0.4) is 0 Å². The molecular formula is C16H26O. The Morgan fingerprint density at radius 1 is 1.41 bits per heavy atom. The summed E-state index contributed by atoms with van der Waals surface area (Å²) >= 11 is 0. The van der Waals surface area contributed by atoms with E-state index in [1.807, 2.05) is 0 Å². The monoisotopic (exact) mass is 234 g/mol. The lowest BCUT2D eigenvalue weighted by Gasteiger charge is -2.50. The van der Waals surface area contributed by atoms with Gasteiger partial charge in [-0.2, -0.15) is 0 Å². The summed E-state index contributed by atoms with van der Waals surface area (Å²) in [4.78, 5) is 0. The van der Waals surface area contributed by atoms with Crippen molar-refractivity contribution in [2.24, 2.45) is 17.8 Å². The maximum Gasteiger partial charge on any atom is 0.112 e. The van der Waals surface area contributed by atoms with Crippen LogP contribution in [0.15, 0.2) is 25.0 Å². The van der Waals surface area contributed by atoms with Gasteiger partial charge in [0.25, 0.3) is 0 Å². The molecule has 2 saturated carbocycles. The summed E-state index contributed by atoms with van der Waals surface area (Å²) in [5.41, 5.74) is 0.0520. The van der Waals surface area contributed by atoms with E-state index in [2.05, 4.69) is 27.0 Å². The molecular weight excluding hydrogens is 208 g/mol. The summed E-state index contributed by atoms with van der Waals surface area (Å²) in [7, 11) is 0. The van der Waals surface area contributed by atoms with Crippen LogP contribution in [0.2, 0.25) is 0 Å². The fourth-order valence-electron chi connectivity index (χ4n) is 4.04. The molecule has 2 aliphatic rings. The highest BCUT2D eigenvalue weighted by atomic mass is 16.5. The van der Waals surface area contributed by atoms with Crippen LogP contribution in [-0.4, -0.2) is 5.60 Å². The number of hydrogen-bond acceptors (Lipinski definition) is 1. The Kier molecular flexibility index (Phi) is 3.65. The first-order valence-corrected chi connectivity index (χ1v) is 7.10. The molecule has 0 aromatic carbocycles. The average molecular weight is 234 g/mol. The fourth-order valence-corrected chi connectivity index (χ4v) is 4.04. The van der Waals surface area contributed by atoms with Crippen molar-refractivity contribution in [3.8, 4) is 0 Å². The molecule has 0 radical (unpaired) electrons. The van der Waals surface area contributed by atoms with E-state index in [-0.39, 0.29) is 5.60 Å². The highest BCUT2D eigenvalue weighted by molar-refractivity contribution is 5.07. The lowest BCUT2D eigenvalue weighted by atomic mass is 9.61. The predicted octanol–water partition coefficient (Wildman–Crippen LogP) is 4.70. The first-order chi connectivity index (χ1) is 8.09. The topological polar surface area (TPSA) is 9.23 Å². The molecule has 2 bridgehead atoms. The van der Waals surface area contributed by atoms with Crippen LogP contribution in [0.1, 0.15) is 52.4 Å². The molecule has 96 valence electrons. The van der Waals surface area contributed by atoms with Gasteiger partial charge in [-0.1, -0.05) is 27.0 Å². The normalized spacial score (nSPS) is 40.7. The number of rotatable bonds is 4. The van der Waals surface area contributed by atoms with Gasteiger partial charge in [-0.15, -0.1) is 0 Å². The molecule has 0 aliphatic heterocycles. The lowest BCUT2D eigenvalue weighted by Crippen LogP contribution is -2.47. The van der Waals surface area contributed by atoms with Gasteiger partial charge in [0.1, 0.15) is 11.4 Å². The van der Waals surface area contributed by atoms with Crippen molar-refractivity contribution in [1.82, 2.24) is 0 Å². The molecule has 0 amide bonds. The van der Waals surface area contributed by atoms with E-state index in [1.165, 1.54) is 32.1 Å². The zero-order valence-corrected chi connectivity index (χ0v) is 11.4. The Hall–Kier alpha value is -0.720. The van der Waals surface area contributed by atoms with E-state index in [1.54, 1.807) is 6.08 Å². The first-order valence-electron chi connectivity index (χ1n) is 7.10. The zero-order valence-electron chi connectivity index (χ0n) is 11.4. The van der Waals surface area contributed by atoms with Gasteiger partial charge in [-0.05, 0) is 62.4 Å². The minimum absolute atomic E-state index is 0.0520. The molecule has 4 unspecified atom stereocenters. The smallest absolute Gasteiger partial charge is 0.112 e. The van der Waals surface area contributed by atoms with E-state index in [0.29, 0.717) is 0 Å². The molecule has 17 heavy (non-hydrogen) atoms. The predicted molar refractivity (Wildman–Crippen MR) is 72.7 cm³/mol. The quantitative estimate of drug-likeness (QED) is 0.506. The van der Waals surface area contributed by atoms with Crippen molar-refractivity contribution >= 4 is 0 Å². The molecule has 1 nitrogen and oxygen atoms in total. The first kappa shape index (κ1) is 12.7. The standard InChI is InChI=1S/C16H26O/c1-5-13(4)17-16(6-2)8-7-14-9-12(3)10-15(16)11-14/h5,12,14-15H,1,4,6-11H2,2-3H3. The van der Waals surface area contributed by atoms with Crippen molar-refractivity contribution < 1.29 is 4.74 Å². The van der Waals surface area contributed by atoms with E-state index in [4.69, 9.17) is 4.74 Å². The van der Waals surface area contributed by atoms with Crippen LogP contribution in [0.5, 0.6) is 0 Å². The Bertz CT molecular complexity index is 305. The molecule has 0 aromatic heterocycles. The maximum atomic E-state index is 6.20. The van der Waals surface area contributed by atoms with Gasteiger partial charge in [-0.25, -0.2) is 0 Å². The molecule has 2 aliphatic carbocycles. The molecule has 0 heterocycles. The minimum atomic E-state index is 0.0520. The second-order valence-corrected chi connectivity index (χ2v) is 6.10. The van der Waals surface area contributed by atoms with Crippen LogP contribution >= 0.6 is 0 Å². The molecule has 0 spiro atoms. The summed E-state index contributed by atoms with van der Waals surface area (Å²) in [6.45, 7) is 12.4. The number of fused-ring (bicyclic) bond motifs is 2. The van der Waals surface area contributed by atoms with Gasteiger partial charge < -0.3 is 4.74 Å². The highest BCUT2D eigenvalue weighted by Gasteiger charge is 2.47. The zero-order chi connectivity index (χ0) is 12.5. The second-order valence-electron chi connectivity index (χ2n) is 6.10. The largest absolute Gasteiger partial charge is 0.488 e. The molecule has 2 fully saturated rings. The molecule has 0 saturated heterocycles. The third-order valence-corrected chi connectivity index (χ3v) is 4.92. The van der Waals surface area contributed by atoms with Crippen molar-refractivity contribution in [2.75, 3.05) is 0 Å². The Labute approximate surface area is 106 Å². The van der Waals surface area contributed by atoms with Gasteiger partial charge in [0.05, 0.1) is 0 Å².